The maximum atomic E-state index is 13.2. The number of ether oxygens (including phenoxy) is 1. The standard InChI is InChI=1S/C28H31N3O4S2/c1-4-30(20-22-11-7-6-8-12-22)37(33,34)24-16-14-23(15-17-24)27(32)29-28-31(18-19-35-5-2)26-21(3)10-9-13-25(26)36-28/h6-17H,4-5,18-20H2,1-3H3. The number of sulfonamides is 1. The minimum atomic E-state index is -3.72. The molecule has 0 aliphatic rings. The summed E-state index contributed by atoms with van der Waals surface area (Å²) in [4.78, 5) is 18.2. The van der Waals surface area contributed by atoms with E-state index in [1.54, 1.807) is 0 Å². The highest BCUT2D eigenvalue weighted by Gasteiger charge is 2.23. The lowest BCUT2D eigenvalue weighted by molar-refractivity contribution is 0.0996. The molecule has 0 atom stereocenters. The molecule has 0 unspecified atom stereocenters. The van der Waals surface area contributed by atoms with E-state index in [9.17, 15) is 13.2 Å². The maximum absolute atomic E-state index is 13.2. The Morgan fingerprint density at radius 1 is 1.00 bits per heavy atom. The van der Waals surface area contributed by atoms with Gasteiger partial charge in [-0.1, -0.05) is 60.7 Å². The summed E-state index contributed by atoms with van der Waals surface area (Å²) in [7, 11) is -3.72. The number of hydrogen-bond acceptors (Lipinski definition) is 5. The van der Waals surface area contributed by atoms with Crippen LogP contribution in [0.2, 0.25) is 0 Å². The molecule has 4 rings (SSSR count). The van der Waals surface area contributed by atoms with E-state index in [4.69, 9.17) is 4.74 Å². The number of hydrogen-bond donors (Lipinski definition) is 0. The fraction of sp³-hybridized carbons (Fsp3) is 0.286. The van der Waals surface area contributed by atoms with Crippen molar-refractivity contribution in [3.63, 3.8) is 0 Å². The zero-order valence-corrected chi connectivity index (χ0v) is 22.9. The van der Waals surface area contributed by atoms with Crippen molar-refractivity contribution in [3.8, 4) is 0 Å². The molecule has 3 aromatic carbocycles. The monoisotopic (exact) mass is 537 g/mol. The van der Waals surface area contributed by atoms with E-state index in [1.807, 2.05) is 73.9 Å². The number of aromatic nitrogens is 1. The van der Waals surface area contributed by atoms with Crippen LogP contribution in [0, 0.1) is 6.92 Å². The van der Waals surface area contributed by atoms with E-state index >= 15 is 0 Å². The third-order valence-corrected chi connectivity index (χ3v) is 9.04. The molecule has 1 aromatic heterocycles. The summed E-state index contributed by atoms with van der Waals surface area (Å²) in [5.41, 5.74) is 3.38. The number of amides is 1. The number of aryl methyl sites for hydroxylation is 1. The van der Waals surface area contributed by atoms with Gasteiger partial charge in [0.2, 0.25) is 10.0 Å². The molecule has 0 saturated carbocycles. The Bertz CT molecular complexity index is 1540. The van der Waals surface area contributed by atoms with Crippen molar-refractivity contribution in [2.45, 2.75) is 38.8 Å². The first-order chi connectivity index (χ1) is 17.8. The molecule has 0 saturated heterocycles. The number of fused-ring (bicyclic) bond motifs is 1. The fourth-order valence-electron chi connectivity index (χ4n) is 4.12. The van der Waals surface area contributed by atoms with Crippen molar-refractivity contribution >= 4 is 37.5 Å². The van der Waals surface area contributed by atoms with Crippen LogP contribution in [-0.2, 0) is 27.8 Å². The van der Waals surface area contributed by atoms with Crippen LogP contribution in [0.15, 0.2) is 82.7 Å². The Morgan fingerprint density at radius 3 is 2.41 bits per heavy atom. The van der Waals surface area contributed by atoms with Crippen molar-refractivity contribution in [2.24, 2.45) is 4.99 Å². The number of thiazole rings is 1. The van der Waals surface area contributed by atoms with Gasteiger partial charge in [-0.25, -0.2) is 8.42 Å². The van der Waals surface area contributed by atoms with Crippen LogP contribution in [0.4, 0.5) is 0 Å². The number of nitrogens with zero attached hydrogens (tertiary/aromatic N) is 3. The van der Waals surface area contributed by atoms with Crippen molar-refractivity contribution in [1.29, 1.82) is 0 Å². The van der Waals surface area contributed by atoms with Crippen LogP contribution >= 0.6 is 11.3 Å². The van der Waals surface area contributed by atoms with E-state index in [-0.39, 0.29) is 11.4 Å². The van der Waals surface area contributed by atoms with Gasteiger partial charge in [-0.2, -0.15) is 9.30 Å². The molecule has 0 bridgehead atoms. The number of benzene rings is 3. The summed E-state index contributed by atoms with van der Waals surface area (Å²) in [6.45, 7) is 8.12. The normalized spacial score (nSPS) is 12.5. The van der Waals surface area contributed by atoms with Crippen LogP contribution < -0.4 is 4.80 Å². The topological polar surface area (TPSA) is 81.0 Å². The van der Waals surface area contributed by atoms with E-state index in [2.05, 4.69) is 4.99 Å². The SMILES string of the molecule is CCOCCn1c(=NC(=O)c2ccc(S(=O)(=O)N(CC)Cc3ccccc3)cc2)sc2cccc(C)c21. The number of para-hydroxylation sites is 1. The molecular formula is C28H31N3O4S2. The molecule has 0 fully saturated rings. The number of carbonyl (C=O) groups excluding carboxylic acids is 1. The summed E-state index contributed by atoms with van der Waals surface area (Å²) in [6.07, 6.45) is 0. The molecule has 4 aromatic rings. The second kappa shape index (κ2) is 12.0. The maximum Gasteiger partial charge on any atom is 0.279 e. The van der Waals surface area contributed by atoms with Gasteiger partial charge >= 0.3 is 0 Å². The van der Waals surface area contributed by atoms with Crippen LogP contribution in [0.5, 0.6) is 0 Å². The van der Waals surface area contributed by atoms with E-state index in [0.29, 0.717) is 36.7 Å². The van der Waals surface area contributed by atoms with Gasteiger partial charge in [-0.05, 0) is 55.3 Å². The predicted octanol–water partition coefficient (Wildman–Crippen LogP) is 5.00. The van der Waals surface area contributed by atoms with Gasteiger partial charge in [0.25, 0.3) is 5.91 Å². The Hall–Kier alpha value is -3.11. The molecule has 1 heterocycles. The molecule has 9 heteroatoms. The van der Waals surface area contributed by atoms with Crippen LogP contribution in [0.3, 0.4) is 0 Å². The van der Waals surface area contributed by atoms with Crippen molar-refractivity contribution in [1.82, 2.24) is 8.87 Å². The Morgan fingerprint density at radius 2 is 1.73 bits per heavy atom. The van der Waals surface area contributed by atoms with Gasteiger partial charge < -0.3 is 9.30 Å². The average molecular weight is 538 g/mol. The number of rotatable bonds is 10. The highest BCUT2D eigenvalue weighted by Crippen LogP contribution is 2.22. The van der Waals surface area contributed by atoms with Crippen molar-refractivity contribution in [3.05, 3.63) is 94.3 Å². The van der Waals surface area contributed by atoms with Gasteiger partial charge in [0.1, 0.15) is 0 Å². The average Bonchev–Trinajstić information content (AvgIpc) is 3.26. The van der Waals surface area contributed by atoms with Crippen molar-refractivity contribution in [2.75, 3.05) is 19.8 Å². The third-order valence-electron chi connectivity index (χ3n) is 6.06. The molecule has 1 amide bonds. The van der Waals surface area contributed by atoms with Crippen LogP contribution in [0.25, 0.3) is 10.2 Å². The number of carbonyl (C=O) groups is 1. The summed E-state index contributed by atoms with van der Waals surface area (Å²) in [5, 5.41) is 0. The molecule has 0 aliphatic heterocycles. The molecule has 0 radical (unpaired) electrons. The lowest BCUT2D eigenvalue weighted by Gasteiger charge is -2.20. The quantitative estimate of drug-likeness (QED) is 0.267. The Labute approximate surface area is 221 Å². The van der Waals surface area contributed by atoms with E-state index in [0.717, 1.165) is 21.3 Å². The largest absolute Gasteiger partial charge is 0.380 e. The van der Waals surface area contributed by atoms with Gasteiger partial charge in [0, 0.05) is 31.8 Å². The smallest absolute Gasteiger partial charge is 0.279 e. The summed E-state index contributed by atoms with van der Waals surface area (Å²) < 4.78 is 36.5. The lowest BCUT2D eigenvalue weighted by atomic mass is 10.2. The first-order valence-electron chi connectivity index (χ1n) is 12.2. The Kier molecular flexibility index (Phi) is 8.71. The molecular weight excluding hydrogens is 506 g/mol. The highest BCUT2D eigenvalue weighted by atomic mass is 32.2. The fourth-order valence-corrected chi connectivity index (χ4v) is 6.69. The van der Waals surface area contributed by atoms with Crippen LogP contribution in [0.1, 0.15) is 35.3 Å². The predicted molar refractivity (Wildman–Crippen MR) is 147 cm³/mol. The molecule has 194 valence electrons. The van der Waals surface area contributed by atoms with E-state index < -0.39 is 15.9 Å². The van der Waals surface area contributed by atoms with E-state index in [1.165, 1.54) is 39.9 Å². The van der Waals surface area contributed by atoms with Gasteiger partial charge in [-0.3, -0.25) is 4.79 Å². The second-order valence-electron chi connectivity index (χ2n) is 8.51. The zero-order chi connectivity index (χ0) is 26.4. The first-order valence-corrected chi connectivity index (χ1v) is 14.5. The molecule has 0 aliphatic carbocycles. The molecule has 0 spiro atoms. The first kappa shape index (κ1) is 26.9. The van der Waals surface area contributed by atoms with Gasteiger partial charge in [0.05, 0.1) is 21.7 Å². The zero-order valence-electron chi connectivity index (χ0n) is 21.3. The minimum absolute atomic E-state index is 0.145. The summed E-state index contributed by atoms with van der Waals surface area (Å²) >= 11 is 1.45. The van der Waals surface area contributed by atoms with Gasteiger partial charge in [0.15, 0.2) is 4.80 Å². The lowest BCUT2D eigenvalue weighted by Crippen LogP contribution is -2.30. The summed E-state index contributed by atoms with van der Waals surface area (Å²) in [5.74, 6) is -0.421. The third kappa shape index (κ3) is 6.07. The summed E-state index contributed by atoms with van der Waals surface area (Å²) in [6, 6.07) is 21.5. The highest BCUT2D eigenvalue weighted by molar-refractivity contribution is 7.89. The van der Waals surface area contributed by atoms with Crippen LogP contribution in [-0.4, -0.2) is 43.0 Å². The second-order valence-corrected chi connectivity index (χ2v) is 11.5. The minimum Gasteiger partial charge on any atom is -0.380 e. The molecule has 7 nitrogen and oxygen atoms in total. The van der Waals surface area contributed by atoms with Gasteiger partial charge in [-0.15, -0.1) is 0 Å². The Balaban J connectivity index is 1.62. The molecule has 37 heavy (non-hydrogen) atoms. The van der Waals surface area contributed by atoms with Crippen molar-refractivity contribution < 1.29 is 17.9 Å². The molecule has 0 N–H and O–H groups in total.